The van der Waals surface area contributed by atoms with Crippen molar-refractivity contribution in [3.8, 4) is 11.5 Å². The third-order valence-corrected chi connectivity index (χ3v) is 5.85. The Balaban J connectivity index is 1.72. The second-order valence-electron chi connectivity index (χ2n) is 8.35. The van der Waals surface area contributed by atoms with E-state index in [2.05, 4.69) is 55.3 Å². The van der Waals surface area contributed by atoms with Crippen LogP contribution in [0, 0.1) is 0 Å². The number of hydrogen-bond donors (Lipinski definition) is 1. The van der Waals surface area contributed by atoms with Gasteiger partial charge in [-0.25, -0.2) is 5.43 Å². The molecule has 1 heterocycles. The predicted molar refractivity (Wildman–Crippen MR) is 126 cm³/mol. The van der Waals surface area contributed by atoms with Crippen LogP contribution >= 0.6 is 11.6 Å². The van der Waals surface area contributed by atoms with Crippen molar-refractivity contribution in [3.05, 3.63) is 52.5 Å². The molecule has 2 aromatic carbocycles. The Morgan fingerprint density at radius 2 is 2.13 bits per heavy atom. The first-order valence-electron chi connectivity index (χ1n) is 10.4. The van der Waals surface area contributed by atoms with E-state index in [-0.39, 0.29) is 18.1 Å². The van der Waals surface area contributed by atoms with Crippen LogP contribution in [-0.2, 0) is 4.79 Å². The molecule has 0 fully saturated rings. The van der Waals surface area contributed by atoms with Gasteiger partial charge < -0.3 is 14.4 Å². The van der Waals surface area contributed by atoms with Crippen LogP contribution in [0.5, 0.6) is 11.5 Å². The van der Waals surface area contributed by atoms with Gasteiger partial charge >= 0.3 is 0 Å². The molecule has 1 N–H and O–H groups in total. The van der Waals surface area contributed by atoms with E-state index in [0.29, 0.717) is 16.7 Å². The summed E-state index contributed by atoms with van der Waals surface area (Å²) in [6.07, 6.45) is 2.67. The molecule has 0 bridgehead atoms. The molecule has 0 aromatic heterocycles. The Morgan fingerprint density at radius 1 is 1.35 bits per heavy atom. The topological polar surface area (TPSA) is 63.2 Å². The van der Waals surface area contributed by atoms with Gasteiger partial charge in [-0.05, 0) is 62.9 Å². The summed E-state index contributed by atoms with van der Waals surface area (Å²) in [7, 11) is 1.64. The molecule has 6 nitrogen and oxygen atoms in total. The Bertz CT molecular complexity index is 975. The van der Waals surface area contributed by atoms with Gasteiger partial charge in [0.15, 0.2) is 6.61 Å². The third-order valence-electron chi connectivity index (χ3n) is 5.61. The number of halogens is 1. The number of amides is 1. The summed E-state index contributed by atoms with van der Waals surface area (Å²) in [6, 6.07) is 11.1. The van der Waals surface area contributed by atoms with E-state index < -0.39 is 0 Å². The molecule has 0 saturated heterocycles. The summed E-state index contributed by atoms with van der Waals surface area (Å²) in [5.74, 6) is 1.29. The third kappa shape index (κ3) is 5.31. The van der Waals surface area contributed by atoms with Crippen LogP contribution in [0.3, 0.4) is 0 Å². The number of methoxy groups -OCH3 is 1. The van der Waals surface area contributed by atoms with E-state index in [1.807, 2.05) is 0 Å². The first-order chi connectivity index (χ1) is 14.7. The molecule has 0 aliphatic carbocycles. The summed E-state index contributed by atoms with van der Waals surface area (Å²) in [4.78, 5) is 14.5. The van der Waals surface area contributed by atoms with Gasteiger partial charge in [-0.1, -0.05) is 24.6 Å². The zero-order valence-corrected chi connectivity index (χ0v) is 19.5. The smallest absolute Gasteiger partial charge is 0.277 e. The summed E-state index contributed by atoms with van der Waals surface area (Å²) in [6.45, 7) is 9.74. The molecular weight excluding hydrogens is 414 g/mol. The van der Waals surface area contributed by atoms with Gasteiger partial charge in [0.05, 0.1) is 13.3 Å². The van der Waals surface area contributed by atoms with E-state index in [4.69, 9.17) is 21.1 Å². The number of carbonyl (C=O) groups is 1. The minimum atomic E-state index is -0.361. The maximum atomic E-state index is 12.1. The molecule has 3 rings (SSSR count). The molecule has 0 spiro atoms. The highest BCUT2D eigenvalue weighted by Gasteiger charge is 2.36. The van der Waals surface area contributed by atoms with Crippen molar-refractivity contribution in [3.63, 3.8) is 0 Å². The number of hydrazone groups is 1. The molecule has 1 amide bonds. The fraction of sp³-hybridized carbons (Fsp3) is 0.417. The minimum absolute atomic E-state index is 0.0821. The molecule has 31 heavy (non-hydrogen) atoms. The van der Waals surface area contributed by atoms with Crippen LogP contribution in [0.15, 0.2) is 41.5 Å². The number of nitrogens with zero attached hydrogens (tertiary/aromatic N) is 2. The minimum Gasteiger partial charge on any atom is -0.496 e. The van der Waals surface area contributed by atoms with Gasteiger partial charge in [0.2, 0.25) is 0 Å². The van der Waals surface area contributed by atoms with Crippen LogP contribution in [0.2, 0.25) is 5.02 Å². The molecule has 2 aromatic rings. The molecule has 1 aliphatic heterocycles. The van der Waals surface area contributed by atoms with Crippen molar-refractivity contribution in [2.24, 2.45) is 5.10 Å². The second kappa shape index (κ2) is 9.60. The number of nitrogens with one attached hydrogen (secondary N) is 1. The second-order valence-corrected chi connectivity index (χ2v) is 8.79. The quantitative estimate of drug-likeness (QED) is 0.483. The van der Waals surface area contributed by atoms with Gasteiger partial charge in [-0.2, -0.15) is 5.10 Å². The SMILES string of the molecule is CCN1c2cc(OC)c(/C=N/NC(=O)COc3cccc(Cl)c3)cc2C(C)CC1(C)C. The van der Waals surface area contributed by atoms with Crippen LogP contribution in [0.4, 0.5) is 5.69 Å². The molecule has 0 saturated carbocycles. The highest BCUT2D eigenvalue weighted by atomic mass is 35.5. The number of fused-ring (bicyclic) bond motifs is 1. The number of benzene rings is 2. The van der Waals surface area contributed by atoms with Gasteiger partial charge in [0.25, 0.3) is 5.91 Å². The lowest BCUT2D eigenvalue weighted by atomic mass is 9.79. The van der Waals surface area contributed by atoms with Crippen molar-refractivity contribution < 1.29 is 14.3 Å². The standard InChI is InChI=1S/C24H30ClN3O3/c1-6-28-21-12-22(30-5)17(10-20(21)16(2)13-24(28,3)4)14-26-27-23(29)15-31-19-9-7-8-18(25)11-19/h7-12,14,16H,6,13,15H2,1-5H3,(H,27,29)/b26-14+. The lowest BCUT2D eigenvalue weighted by Gasteiger charge is -2.47. The Morgan fingerprint density at radius 3 is 2.81 bits per heavy atom. The highest BCUT2D eigenvalue weighted by molar-refractivity contribution is 6.30. The number of ether oxygens (including phenoxy) is 2. The van der Waals surface area contributed by atoms with Crippen molar-refractivity contribution in [2.75, 3.05) is 25.2 Å². The predicted octanol–water partition coefficient (Wildman–Crippen LogP) is 4.99. The molecule has 7 heteroatoms. The number of carbonyl (C=O) groups excluding carboxylic acids is 1. The fourth-order valence-corrected chi connectivity index (χ4v) is 4.50. The van der Waals surface area contributed by atoms with Crippen molar-refractivity contribution >= 4 is 29.4 Å². The van der Waals surface area contributed by atoms with E-state index in [9.17, 15) is 4.79 Å². The van der Waals surface area contributed by atoms with Crippen LogP contribution in [0.1, 0.15) is 51.2 Å². The Labute approximate surface area is 189 Å². The van der Waals surface area contributed by atoms with E-state index in [1.54, 1.807) is 37.6 Å². The average molecular weight is 444 g/mol. The summed E-state index contributed by atoms with van der Waals surface area (Å²) >= 11 is 5.92. The molecular formula is C24H30ClN3O3. The number of rotatable bonds is 7. The molecule has 1 unspecified atom stereocenters. The first-order valence-corrected chi connectivity index (χ1v) is 10.8. The fourth-order valence-electron chi connectivity index (χ4n) is 4.32. The molecule has 1 aliphatic rings. The van der Waals surface area contributed by atoms with Crippen LogP contribution < -0.4 is 19.8 Å². The molecule has 0 radical (unpaired) electrons. The Kier molecular flexibility index (Phi) is 7.11. The monoisotopic (exact) mass is 443 g/mol. The van der Waals surface area contributed by atoms with Crippen LogP contribution in [0.25, 0.3) is 0 Å². The zero-order valence-electron chi connectivity index (χ0n) is 18.7. The number of hydrogen-bond acceptors (Lipinski definition) is 5. The van der Waals surface area contributed by atoms with Gasteiger partial charge in [-0.3, -0.25) is 4.79 Å². The normalized spacial score (nSPS) is 17.4. The highest BCUT2D eigenvalue weighted by Crippen LogP contribution is 2.45. The van der Waals surface area contributed by atoms with Gasteiger partial charge in [0.1, 0.15) is 11.5 Å². The van der Waals surface area contributed by atoms with Crippen molar-refractivity contribution in [1.82, 2.24) is 5.43 Å². The van der Waals surface area contributed by atoms with Crippen molar-refractivity contribution in [2.45, 2.75) is 45.6 Å². The summed E-state index contributed by atoms with van der Waals surface area (Å²) in [5, 5.41) is 4.65. The average Bonchev–Trinajstić information content (AvgIpc) is 2.72. The van der Waals surface area contributed by atoms with E-state index >= 15 is 0 Å². The van der Waals surface area contributed by atoms with Gasteiger partial charge in [0, 0.05) is 34.4 Å². The molecule has 166 valence electrons. The molecule has 1 atom stereocenters. The van der Waals surface area contributed by atoms with Crippen molar-refractivity contribution in [1.29, 1.82) is 0 Å². The zero-order chi connectivity index (χ0) is 22.6. The van der Waals surface area contributed by atoms with Crippen LogP contribution in [-0.4, -0.2) is 37.9 Å². The Hall–Kier alpha value is -2.73. The van der Waals surface area contributed by atoms with Gasteiger partial charge in [-0.15, -0.1) is 0 Å². The maximum absolute atomic E-state index is 12.1. The number of anilines is 1. The lowest BCUT2D eigenvalue weighted by molar-refractivity contribution is -0.123. The summed E-state index contributed by atoms with van der Waals surface area (Å²) < 4.78 is 11.0. The lowest BCUT2D eigenvalue weighted by Crippen LogP contribution is -2.48. The summed E-state index contributed by atoms with van der Waals surface area (Å²) in [5.41, 5.74) is 5.86. The van der Waals surface area contributed by atoms with E-state index in [1.165, 1.54) is 11.3 Å². The first kappa shape index (κ1) is 22.9. The maximum Gasteiger partial charge on any atom is 0.277 e. The largest absolute Gasteiger partial charge is 0.496 e. The van der Waals surface area contributed by atoms with E-state index in [0.717, 1.165) is 24.3 Å².